The fourth-order valence-electron chi connectivity index (χ4n) is 1.42. The second kappa shape index (κ2) is 5.97. The Morgan fingerprint density at radius 1 is 1.39 bits per heavy atom. The number of ether oxygens (including phenoxy) is 1. The number of aromatic nitrogens is 2. The van der Waals surface area contributed by atoms with Crippen molar-refractivity contribution in [3.63, 3.8) is 0 Å². The third kappa shape index (κ3) is 3.08. The van der Waals surface area contributed by atoms with Crippen LogP contribution in [0.4, 0.5) is 0 Å². The third-order valence-electron chi connectivity index (χ3n) is 2.24. The number of rotatable bonds is 5. The van der Waals surface area contributed by atoms with Crippen molar-refractivity contribution in [3.05, 3.63) is 34.8 Å². The molecular formula is C12H12N2O2S2. The molecule has 0 amide bonds. The quantitative estimate of drug-likeness (QED) is 0.622. The SMILES string of the molecule is COc1ccccc1C(=O)CSc1nnc(C)s1. The van der Waals surface area contributed by atoms with Crippen molar-refractivity contribution in [2.24, 2.45) is 0 Å². The van der Waals surface area contributed by atoms with Gasteiger partial charge in [0.15, 0.2) is 10.1 Å². The molecule has 1 aromatic heterocycles. The molecule has 0 saturated heterocycles. The third-order valence-corrected chi connectivity index (χ3v) is 4.21. The first kappa shape index (κ1) is 13.0. The summed E-state index contributed by atoms with van der Waals surface area (Å²) in [6, 6.07) is 7.23. The lowest BCUT2D eigenvalue weighted by Crippen LogP contribution is -2.04. The molecule has 94 valence electrons. The van der Waals surface area contributed by atoms with Gasteiger partial charge in [-0.1, -0.05) is 35.2 Å². The molecule has 0 saturated carbocycles. The van der Waals surface area contributed by atoms with Gasteiger partial charge in [-0.3, -0.25) is 4.79 Å². The summed E-state index contributed by atoms with van der Waals surface area (Å²) in [7, 11) is 1.56. The minimum absolute atomic E-state index is 0.0327. The number of hydrogen-bond donors (Lipinski definition) is 0. The van der Waals surface area contributed by atoms with Gasteiger partial charge < -0.3 is 4.74 Å². The van der Waals surface area contributed by atoms with E-state index in [0.29, 0.717) is 17.1 Å². The smallest absolute Gasteiger partial charge is 0.176 e. The van der Waals surface area contributed by atoms with Crippen LogP contribution < -0.4 is 4.74 Å². The van der Waals surface area contributed by atoms with Crippen molar-refractivity contribution >= 4 is 28.9 Å². The highest BCUT2D eigenvalue weighted by atomic mass is 32.2. The predicted molar refractivity (Wildman–Crippen MR) is 72.7 cm³/mol. The number of methoxy groups -OCH3 is 1. The fourth-order valence-corrected chi connectivity index (χ4v) is 3.12. The fraction of sp³-hybridized carbons (Fsp3) is 0.250. The molecule has 2 rings (SSSR count). The van der Waals surface area contributed by atoms with Gasteiger partial charge in [0.1, 0.15) is 10.8 Å². The second-order valence-corrected chi connectivity index (χ2v) is 5.90. The Hall–Kier alpha value is -1.40. The molecule has 6 heteroatoms. The molecule has 4 nitrogen and oxygen atoms in total. The van der Waals surface area contributed by atoms with Crippen LogP contribution in [0.5, 0.6) is 5.75 Å². The molecule has 18 heavy (non-hydrogen) atoms. The van der Waals surface area contributed by atoms with E-state index < -0.39 is 0 Å². The van der Waals surface area contributed by atoms with Crippen molar-refractivity contribution in [1.82, 2.24) is 10.2 Å². The number of para-hydroxylation sites is 1. The highest BCUT2D eigenvalue weighted by Gasteiger charge is 2.13. The minimum atomic E-state index is 0.0327. The first-order valence-electron chi connectivity index (χ1n) is 5.30. The van der Waals surface area contributed by atoms with Crippen LogP contribution in [-0.4, -0.2) is 28.8 Å². The van der Waals surface area contributed by atoms with Crippen molar-refractivity contribution in [3.8, 4) is 5.75 Å². The van der Waals surface area contributed by atoms with Gasteiger partial charge in [-0.05, 0) is 19.1 Å². The summed E-state index contributed by atoms with van der Waals surface area (Å²) < 4.78 is 5.98. The number of Topliss-reactive ketones (excluding diaryl/α,β-unsaturated/α-hetero) is 1. The number of benzene rings is 1. The summed E-state index contributed by atoms with van der Waals surface area (Å²) in [5.74, 6) is 0.983. The lowest BCUT2D eigenvalue weighted by Gasteiger charge is -2.05. The lowest BCUT2D eigenvalue weighted by molar-refractivity contribution is 0.101. The van der Waals surface area contributed by atoms with Crippen molar-refractivity contribution < 1.29 is 9.53 Å². The van der Waals surface area contributed by atoms with Crippen LogP contribution in [0.25, 0.3) is 0 Å². The first-order valence-corrected chi connectivity index (χ1v) is 7.10. The number of thioether (sulfide) groups is 1. The Labute approximate surface area is 113 Å². The maximum Gasteiger partial charge on any atom is 0.176 e. The van der Waals surface area contributed by atoms with E-state index in [1.807, 2.05) is 19.1 Å². The molecule has 1 heterocycles. The Bertz CT molecular complexity index is 555. The Morgan fingerprint density at radius 3 is 2.83 bits per heavy atom. The first-order chi connectivity index (χ1) is 8.70. The molecule has 2 aromatic rings. The van der Waals surface area contributed by atoms with Crippen LogP contribution in [0.3, 0.4) is 0 Å². The van der Waals surface area contributed by atoms with Crippen LogP contribution in [0.1, 0.15) is 15.4 Å². The maximum absolute atomic E-state index is 12.1. The molecule has 1 aromatic carbocycles. The molecule has 0 fully saturated rings. The second-order valence-electron chi connectivity index (χ2n) is 3.50. The van der Waals surface area contributed by atoms with Gasteiger partial charge >= 0.3 is 0 Å². The summed E-state index contributed by atoms with van der Waals surface area (Å²) in [5.41, 5.74) is 0.605. The Morgan fingerprint density at radius 2 is 2.17 bits per heavy atom. The molecule has 0 radical (unpaired) electrons. The van der Waals surface area contributed by atoms with Gasteiger partial charge in [-0.15, -0.1) is 10.2 Å². The van der Waals surface area contributed by atoms with Crippen LogP contribution in [0.15, 0.2) is 28.6 Å². The number of aryl methyl sites for hydroxylation is 1. The highest BCUT2D eigenvalue weighted by molar-refractivity contribution is 8.01. The summed E-state index contributed by atoms with van der Waals surface area (Å²) >= 11 is 2.90. The van der Waals surface area contributed by atoms with E-state index >= 15 is 0 Å². The topological polar surface area (TPSA) is 52.1 Å². The van der Waals surface area contributed by atoms with Crippen molar-refractivity contribution in [2.75, 3.05) is 12.9 Å². The van der Waals surface area contributed by atoms with E-state index in [1.165, 1.54) is 23.1 Å². The van der Waals surface area contributed by atoms with Gasteiger partial charge in [0, 0.05) is 0 Å². The predicted octanol–water partition coefficient (Wildman–Crippen LogP) is 2.83. The van der Waals surface area contributed by atoms with Gasteiger partial charge in [0.05, 0.1) is 18.4 Å². The number of hydrogen-bond acceptors (Lipinski definition) is 6. The van der Waals surface area contributed by atoms with Crippen LogP contribution in [0, 0.1) is 6.92 Å². The van der Waals surface area contributed by atoms with Crippen LogP contribution >= 0.6 is 23.1 Å². The molecule has 0 aliphatic carbocycles. The van der Waals surface area contributed by atoms with Crippen LogP contribution in [-0.2, 0) is 0 Å². The van der Waals surface area contributed by atoms with Gasteiger partial charge in [0.2, 0.25) is 0 Å². The number of ketones is 1. The summed E-state index contributed by atoms with van der Waals surface area (Å²) in [4.78, 5) is 12.1. The number of nitrogens with zero attached hydrogens (tertiary/aromatic N) is 2. The van der Waals surface area contributed by atoms with Crippen molar-refractivity contribution in [1.29, 1.82) is 0 Å². The van der Waals surface area contributed by atoms with Crippen LogP contribution in [0.2, 0.25) is 0 Å². The number of carbonyl (C=O) groups excluding carboxylic acids is 1. The highest BCUT2D eigenvalue weighted by Crippen LogP contribution is 2.25. The van der Waals surface area contributed by atoms with E-state index in [-0.39, 0.29) is 5.78 Å². The average molecular weight is 280 g/mol. The zero-order chi connectivity index (χ0) is 13.0. The lowest BCUT2D eigenvalue weighted by atomic mass is 10.1. The standard InChI is InChI=1S/C12H12N2O2S2/c1-8-13-14-12(18-8)17-7-10(15)9-5-3-4-6-11(9)16-2/h3-6H,7H2,1-2H3. The Kier molecular flexibility index (Phi) is 4.33. The zero-order valence-corrected chi connectivity index (χ0v) is 11.7. The van der Waals surface area contributed by atoms with E-state index in [0.717, 1.165) is 9.35 Å². The summed E-state index contributed by atoms with van der Waals surface area (Å²) in [5, 5.41) is 8.79. The molecule has 0 atom stereocenters. The molecule has 0 aliphatic rings. The van der Waals surface area contributed by atoms with E-state index in [4.69, 9.17) is 4.74 Å². The van der Waals surface area contributed by atoms with E-state index in [9.17, 15) is 4.79 Å². The molecule has 0 unspecified atom stereocenters. The van der Waals surface area contributed by atoms with Gasteiger partial charge in [-0.25, -0.2) is 0 Å². The normalized spacial score (nSPS) is 10.3. The Balaban J connectivity index is 2.03. The summed E-state index contributed by atoms with van der Waals surface area (Å²) in [6.07, 6.45) is 0. The number of carbonyl (C=O) groups is 1. The van der Waals surface area contributed by atoms with E-state index in [1.54, 1.807) is 19.2 Å². The molecule has 0 spiro atoms. The van der Waals surface area contributed by atoms with Crippen molar-refractivity contribution in [2.45, 2.75) is 11.3 Å². The molecule has 0 N–H and O–H groups in total. The molecule has 0 aliphatic heterocycles. The van der Waals surface area contributed by atoms with Gasteiger partial charge in [0.25, 0.3) is 0 Å². The molecule has 0 bridgehead atoms. The minimum Gasteiger partial charge on any atom is -0.496 e. The zero-order valence-electron chi connectivity index (χ0n) is 10.0. The summed E-state index contributed by atoms with van der Waals surface area (Å²) in [6.45, 7) is 1.89. The molecular weight excluding hydrogens is 268 g/mol. The van der Waals surface area contributed by atoms with Gasteiger partial charge in [-0.2, -0.15) is 0 Å². The maximum atomic E-state index is 12.1. The largest absolute Gasteiger partial charge is 0.496 e. The monoisotopic (exact) mass is 280 g/mol. The van der Waals surface area contributed by atoms with E-state index in [2.05, 4.69) is 10.2 Å². The average Bonchev–Trinajstić information content (AvgIpc) is 2.81.